The smallest absolute Gasteiger partial charge is 0.0849 e. The number of hydrogen-bond donors (Lipinski definition) is 1. The molecule has 0 spiro atoms. The standard InChI is InChI=1S/C18H26N2O/c1-13(2)20-11-10-14(19-20)12-17(21)15-8-6-7-9-16(15)18(3,4)5/h6-11,13,17,21H,12H2,1-5H3. The first-order valence-corrected chi connectivity index (χ1v) is 7.60. The van der Waals surface area contributed by atoms with Crippen molar-refractivity contribution in [2.24, 2.45) is 0 Å². The van der Waals surface area contributed by atoms with Gasteiger partial charge in [-0.25, -0.2) is 0 Å². The Morgan fingerprint density at radius 3 is 2.38 bits per heavy atom. The molecule has 1 unspecified atom stereocenters. The van der Waals surface area contributed by atoms with Crippen LogP contribution in [0.1, 0.15) is 63.6 Å². The van der Waals surface area contributed by atoms with E-state index in [2.05, 4.69) is 45.8 Å². The van der Waals surface area contributed by atoms with Crippen LogP contribution < -0.4 is 0 Å². The molecule has 1 aromatic carbocycles. The molecular formula is C18H26N2O. The Morgan fingerprint density at radius 1 is 1.14 bits per heavy atom. The topological polar surface area (TPSA) is 38.0 Å². The van der Waals surface area contributed by atoms with Crippen LogP contribution in [0.15, 0.2) is 36.5 Å². The van der Waals surface area contributed by atoms with Gasteiger partial charge in [0.25, 0.3) is 0 Å². The van der Waals surface area contributed by atoms with Crippen molar-refractivity contribution in [2.75, 3.05) is 0 Å². The zero-order valence-electron chi connectivity index (χ0n) is 13.7. The third-order valence-corrected chi connectivity index (χ3v) is 3.72. The number of aromatic nitrogens is 2. The molecule has 114 valence electrons. The van der Waals surface area contributed by atoms with Gasteiger partial charge in [0, 0.05) is 18.7 Å². The summed E-state index contributed by atoms with van der Waals surface area (Å²) in [6.07, 6.45) is 2.01. The first kappa shape index (κ1) is 15.8. The number of hydrogen-bond acceptors (Lipinski definition) is 2. The SMILES string of the molecule is CC(C)n1ccc(CC(O)c2ccccc2C(C)(C)C)n1. The number of benzene rings is 1. The van der Waals surface area contributed by atoms with Crippen LogP contribution in [0, 0.1) is 0 Å². The molecule has 0 aliphatic carbocycles. The van der Waals surface area contributed by atoms with Gasteiger partial charge in [0.15, 0.2) is 0 Å². The maximum absolute atomic E-state index is 10.6. The molecule has 2 rings (SSSR count). The summed E-state index contributed by atoms with van der Waals surface area (Å²) in [7, 11) is 0. The highest BCUT2D eigenvalue weighted by Gasteiger charge is 2.22. The Balaban J connectivity index is 2.22. The minimum Gasteiger partial charge on any atom is -0.388 e. The van der Waals surface area contributed by atoms with Crippen LogP contribution in [0.3, 0.4) is 0 Å². The molecule has 1 heterocycles. The van der Waals surface area contributed by atoms with Gasteiger partial charge in [0.1, 0.15) is 0 Å². The molecule has 0 saturated heterocycles. The lowest BCUT2D eigenvalue weighted by Gasteiger charge is -2.25. The number of aliphatic hydroxyl groups excluding tert-OH is 1. The lowest BCUT2D eigenvalue weighted by atomic mass is 9.82. The van der Waals surface area contributed by atoms with E-state index in [4.69, 9.17) is 0 Å². The van der Waals surface area contributed by atoms with Crippen molar-refractivity contribution in [1.82, 2.24) is 9.78 Å². The molecule has 21 heavy (non-hydrogen) atoms. The van der Waals surface area contributed by atoms with Gasteiger partial charge in [-0.1, -0.05) is 45.0 Å². The summed E-state index contributed by atoms with van der Waals surface area (Å²) in [5, 5.41) is 15.1. The zero-order valence-corrected chi connectivity index (χ0v) is 13.7. The van der Waals surface area contributed by atoms with Crippen LogP contribution in [0.4, 0.5) is 0 Å². The third-order valence-electron chi connectivity index (χ3n) is 3.72. The Kier molecular flexibility index (Phi) is 4.52. The van der Waals surface area contributed by atoms with E-state index in [-0.39, 0.29) is 5.41 Å². The highest BCUT2D eigenvalue weighted by Crippen LogP contribution is 2.30. The average molecular weight is 286 g/mol. The fourth-order valence-corrected chi connectivity index (χ4v) is 2.55. The second-order valence-corrected chi connectivity index (χ2v) is 6.94. The maximum Gasteiger partial charge on any atom is 0.0849 e. The van der Waals surface area contributed by atoms with E-state index in [1.54, 1.807) is 0 Å². The highest BCUT2D eigenvalue weighted by molar-refractivity contribution is 5.35. The van der Waals surface area contributed by atoms with Crippen molar-refractivity contribution >= 4 is 0 Å². The summed E-state index contributed by atoms with van der Waals surface area (Å²) in [6.45, 7) is 10.7. The molecule has 0 bridgehead atoms. The van der Waals surface area contributed by atoms with E-state index in [0.29, 0.717) is 12.5 Å². The van der Waals surface area contributed by atoms with Crippen molar-refractivity contribution in [3.05, 3.63) is 53.3 Å². The molecule has 1 aromatic heterocycles. The predicted molar refractivity (Wildman–Crippen MR) is 86.4 cm³/mol. The molecule has 2 aromatic rings. The highest BCUT2D eigenvalue weighted by atomic mass is 16.3. The van der Waals surface area contributed by atoms with Crippen LogP contribution >= 0.6 is 0 Å². The molecule has 0 radical (unpaired) electrons. The van der Waals surface area contributed by atoms with Crippen molar-refractivity contribution in [2.45, 2.75) is 58.6 Å². The van der Waals surface area contributed by atoms with E-state index in [1.807, 2.05) is 35.1 Å². The maximum atomic E-state index is 10.6. The molecule has 0 aliphatic heterocycles. The summed E-state index contributed by atoms with van der Waals surface area (Å²) in [6, 6.07) is 10.5. The monoisotopic (exact) mass is 286 g/mol. The van der Waals surface area contributed by atoms with E-state index in [0.717, 1.165) is 11.3 Å². The second-order valence-electron chi connectivity index (χ2n) is 6.94. The fourth-order valence-electron chi connectivity index (χ4n) is 2.55. The van der Waals surface area contributed by atoms with Gasteiger partial charge in [0.2, 0.25) is 0 Å². The minimum atomic E-state index is -0.518. The normalized spacial score (nSPS) is 13.7. The molecule has 1 atom stereocenters. The number of nitrogens with zero attached hydrogens (tertiary/aromatic N) is 2. The Bertz CT molecular complexity index is 593. The molecule has 0 aliphatic rings. The quantitative estimate of drug-likeness (QED) is 0.921. The van der Waals surface area contributed by atoms with E-state index >= 15 is 0 Å². The first-order valence-electron chi connectivity index (χ1n) is 7.60. The second kappa shape index (κ2) is 6.02. The largest absolute Gasteiger partial charge is 0.388 e. The van der Waals surface area contributed by atoms with Crippen LogP contribution in [-0.4, -0.2) is 14.9 Å². The molecular weight excluding hydrogens is 260 g/mol. The molecule has 0 saturated carbocycles. The summed E-state index contributed by atoms with van der Waals surface area (Å²) in [5.74, 6) is 0. The van der Waals surface area contributed by atoms with Crippen LogP contribution in [0.25, 0.3) is 0 Å². The van der Waals surface area contributed by atoms with Crippen molar-refractivity contribution in [3.63, 3.8) is 0 Å². The summed E-state index contributed by atoms with van der Waals surface area (Å²) >= 11 is 0. The molecule has 0 fully saturated rings. The van der Waals surface area contributed by atoms with Crippen molar-refractivity contribution in [1.29, 1.82) is 0 Å². The van der Waals surface area contributed by atoms with Crippen molar-refractivity contribution < 1.29 is 5.11 Å². The Hall–Kier alpha value is -1.61. The zero-order chi connectivity index (χ0) is 15.6. The van der Waals surface area contributed by atoms with E-state index in [9.17, 15) is 5.11 Å². The fraction of sp³-hybridized carbons (Fsp3) is 0.500. The van der Waals surface area contributed by atoms with Gasteiger partial charge in [-0.15, -0.1) is 0 Å². The van der Waals surface area contributed by atoms with Gasteiger partial charge in [-0.05, 0) is 36.5 Å². The number of aliphatic hydroxyl groups is 1. The van der Waals surface area contributed by atoms with Gasteiger partial charge in [0.05, 0.1) is 11.8 Å². The average Bonchev–Trinajstić information content (AvgIpc) is 2.86. The predicted octanol–water partition coefficient (Wildman–Crippen LogP) is 4.04. The number of rotatable bonds is 4. The Labute approximate surface area is 127 Å². The van der Waals surface area contributed by atoms with E-state index in [1.165, 1.54) is 5.56 Å². The van der Waals surface area contributed by atoms with Gasteiger partial charge in [-0.2, -0.15) is 5.10 Å². The molecule has 3 nitrogen and oxygen atoms in total. The first-order chi connectivity index (χ1) is 9.79. The molecule has 3 heteroatoms. The summed E-state index contributed by atoms with van der Waals surface area (Å²) < 4.78 is 1.93. The lowest BCUT2D eigenvalue weighted by Crippen LogP contribution is -2.17. The van der Waals surface area contributed by atoms with Gasteiger partial charge in [-0.3, -0.25) is 4.68 Å². The van der Waals surface area contributed by atoms with Crippen LogP contribution in [0.5, 0.6) is 0 Å². The third kappa shape index (κ3) is 3.73. The van der Waals surface area contributed by atoms with Crippen LogP contribution in [0.2, 0.25) is 0 Å². The molecule has 0 amide bonds. The van der Waals surface area contributed by atoms with Gasteiger partial charge >= 0.3 is 0 Å². The van der Waals surface area contributed by atoms with Gasteiger partial charge < -0.3 is 5.11 Å². The molecule has 1 N–H and O–H groups in total. The minimum absolute atomic E-state index is 0.0227. The van der Waals surface area contributed by atoms with Crippen molar-refractivity contribution in [3.8, 4) is 0 Å². The summed E-state index contributed by atoms with van der Waals surface area (Å²) in [5.41, 5.74) is 3.15. The van der Waals surface area contributed by atoms with E-state index < -0.39 is 6.10 Å². The van der Waals surface area contributed by atoms with Crippen LogP contribution in [-0.2, 0) is 11.8 Å². The lowest BCUT2D eigenvalue weighted by molar-refractivity contribution is 0.174. The summed E-state index contributed by atoms with van der Waals surface area (Å²) in [4.78, 5) is 0. The Morgan fingerprint density at radius 2 is 1.81 bits per heavy atom.